The van der Waals surface area contributed by atoms with Crippen LogP contribution >= 0.6 is 11.6 Å². The largest absolute Gasteiger partial charge is 0.357 e. The van der Waals surface area contributed by atoms with E-state index in [1.165, 1.54) is 5.56 Å². The van der Waals surface area contributed by atoms with Crippen LogP contribution in [-0.2, 0) is 6.42 Å². The van der Waals surface area contributed by atoms with Gasteiger partial charge in [0.15, 0.2) is 10.8 Å². The van der Waals surface area contributed by atoms with Crippen LogP contribution in [0, 0.1) is 6.92 Å². The maximum atomic E-state index is 6.67. The number of fused-ring (bicyclic) bond motifs is 1. The molecule has 0 aromatic carbocycles. The van der Waals surface area contributed by atoms with E-state index < -0.39 is 0 Å². The fourth-order valence-electron chi connectivity index (χ4n) is 4.02. The molecule has 156 valence electrons. The highest BCUT2D eigenvalue weighted by atomic mass is 35.5. The molecule has 3 aromatic heterocycles. The van der Waals surface area contributed by atoms with Crippen molar-refractivity contribution in [3.8, 4) is 11.3 Å². The number of nitrogens with zero attached hydrogens (tertiary/aromatic N) is 5. The Balaban J connectivity index is 2.15. The quantitative estimate of drug-likeness (QED) is 0.439. The first-order chi connectivity index (χ1) is 14.0. The fraction of sp³-hybridized carbons (Fsp3) is 0.522. The van der Waals surface area contributed by atoms with Gasteiger partial charge in [0.25, 0.3) is 0 Å². The van der Waals surface area contributed by atoms with Gasteiger partial charge in [-0.1, -0.05) is 32.4 Å². The van der Waals surface area contributed by atoms with E-state index in [0.717, 1.165) is 66.2 Å². The van der Waals surface area contributed by atoms with E-state index in [9.17, 15) is 0 Å². The molecular formula is C23H32ClN5. The van der Waals surface area contributed by atoms with E-state index in [0.29, 0.717) is 11.2 Å². The van der Waals surface area contributed by atoms with Crippen LogP contribution in [0.4, 0.5) is 5.82 Å². The van der Waals surface area contributed by atoms with Crippen molar-refractivity contribution in [1.29, 1.82) is 0 Å². The molecule has 0 unspecified atom stereocenters. The zero-order valence-corrected chi connectivity index (χ0v) is 19.2. The summed E-state index contributed by atoms with van der Waals surface area (Å²) in [5.74, 6) is 0.997. The summed E-state index contributed by atoms with van der Waals surface area (Å²) in [7, 11) is 0. The molecule has 3 aromatic rings. The van der Waals surface area contributed by atoms with Crippen molar-refractivity contribution in [2.45, 2.75) is 66.8 Å². The molecule has 0 aliphatic heterocycles. The minimum absolute atomic E-state index is 0.406. The monoisotopic (exact) mass is 413 g/mol. The van der Waals surface area contributed by atoms with Gasteiger partial charge >= 0.3 is 0 Å². The normalized spacial score (nSPS) is 11.6. The van der Waals surface area contributed by atoms with Crippen LogP contribution in [0.2, 0.25) is 5.15 Å². The van der Waals surface area contributed by atoms with Crippen molar-refractivity contribution in [2.75, 3.05) is 18.0 Å². The summed E-state index contributed by atoms with van der Waals surface area (Å²) in [6.07, 6.45) is 7.05. The molecule has 0 saturated heterocycles. The van der Waals surface area contributed by atoms with Crippen LogP contribution in [0.15, 0.2) is 18.5 Å². The molecule has 0 saturated carbocycles. The van der Waals surface area contributed by atoms with Crippen LogP contribution in [0.1, 0.15) is 64.6 Å². The third-order valence-corrected chi connectivity index (χ3v) is 6.08. The number of rotatable bonds is 8. The van der Waals surface area contributed by atoms with Gasteiger partial charge in [0.2, 0.25) is 0 Å². The lowest BCUT2D eigenvalue weighted by atomic mass is 10.0. The maximum Gasteiger partial charge on any atom is 0.160 e. The van der Waals surface area contributed by atoms with Gasteiger partial charge in [-0.25, -0.2) is 15.0 Å². The van der Waals surface area contributed by atoms with Crippen LogP contribution < -0.4 is 4.90 Å². The molecule has 0 atom stereocenters. The third-order valence-electron chi connectivity index (χ3n) is 5.82. The molecule has 3 rings (SSSR count). The van der Waals surface area contributed by atoms with Crippen LogP contribution in [0.3, 0.4) is 0 Å². The van der Waals surface area contributed by atoms with Crippen LogP contribution in [-0.4, -0.2) is 32.6 Å². The van der Waals surface area contributed by atoms with Crippen molar-refractivity contribution in [3.05, 3.63) is 34.7 Å². The van der Waals surface area contributed by atoms with E-state index in [4.69, 9.17) is 26.6 Å². The summed E-state index contributed by atoms with van der Waals surface area (Å²) in [5, 5.41) is 0.440. The maximum absolute atomic E-state index is 6.67. The summed E-state index contributed by atoms with van der Waals surface area (Å²) in [5.41, 5.74) is 5.80. The minimum atomic E-state index is 0.406. The molecular weight excluding hydrogens is 382 g/mol. The molecule has 5 nitrogen and oxygen atoms in total. The second kappa shape index (κ2) is 9.12. The van der Waals surface area contributed by atoms with Crippen molar-refractivity contribution in [2.24, 2.45) is 0 Å². The highest BCUT2D eigenvalue weighted by Gasteiger charge is 2.20. The lowest BCUT2D eigenvalue weighted by Crippen LogP contribution is -2.23. The number of pyridine rings is 1. The Morgan fingerprint density at radius 3 is 2.34 bits per heavy atom. The Labute approximate surface area is 179 Å². The molecule has 0 radical (unpaired) electrons. The van der Waals surface area contributed by atoms with Crippen molar-refractivity contribution in [3.63, 3.8) is 0 Å². The first-order valence-corrected chi connectivity index (χ1v) is 11.1. The number of hydrogen-bond acceptors (Lipinski definition) is 4. The zero-order chi connectivity index (χ0) is 21.1. The molecule has 0 fully saturated rings. The van der Waals surface area contributed by atoms with Crippen molar-refractivity contribution >= 4 is 28.6 Å². The van der Waals surface area contributed by atoms with Gasteiger partial charge < -0.3 is 9.47 Å². The summed E-state index contributed by atoms with van der Waals surface area (Å²) in [4.78, 5) is 16.7. The first-order valence-electron chi connectivity index (χ1n) is 10.8. The highest BCUT2D eigenvalue weighted by Crippen LogP contribution is 2.33. The number of halogens is 1. The van der Waals surface area contributed by atoms with E-state index in [2.05, 4.69) is 63.3 Å². The Bertz CT molecular complexity index is 987. The van der Waals surface area contributed by atoms with Gasteiger partial charge in [-0.3, -0.25) is 0 Å². The zero-order valence-electron chi connectivity index (χ0n) is 18.5. The molecule has 29 heavy (non-hydrogen) atoms. The van der Waals surface area contributed by atoms with Gasteiger partial charge in [-0.05, 0) is 57.2 Å². The van der Waals surface area contributed by atoms with Gasteiger partial charge in [-0.2, -0.15) is 0 Å². The molecule has 0 aliphatic rings. The lowest BCUT2D eigenvalue weighted by Gasteiger charge is -2.21. The average molecular weight is 414 g/mol. The Hall–Kier alpha value is -2.14. The number of aromatic nitrogens is 4. The summed E-state index contributed by atoms with van der Waals surface area (Å²) >= 11 is 6.67. The second-order valence-corrected chi connectivity index (χ2v) is 7.81. The SMILES string of the molecule is CCc1cc(N(CC)CC)ncc1-c1nc2c(C)cn(C(CC)CC)c2nc1Cl. The molecule has 0 amide bonds. The predicted octanol–water partition coefficient (Wildman–Crippen LogP) is 6.22. The minimum Gasteiger partial charge on any atom is -0.357 e. The molecule has 6 heteroatoms. The molecule has 3 heterocycles. The van der Waals surface area contributed by atoms with Crippen molar-refractivity contribution < 1.29 is 0 Å². The Morgan fingerprint density at radius 2 is 1.76 bits per heavy atom. The summed E-state index contributed by atoms with van der Waals surface area (Å²) in [6.45, 7) is 14.8. The van der Waals surface area contributed by atoms with Crippen LogP contribution in [0.5, 0.6) is 0 Å². The highest BCUT2D eigenvalue weighted by molar-refractivity contribution is 6.32. The topological polar surface area (TPSA) is 46.8 Å². The Kier molecular flexibility index (Phi) is 6.78. The second-order valence-electron chi connectivity index (χ2n) is 7.45. The first kappa shape index (κ1) is 21.6. The molecule has 0 spiro atoms. The van der Waals surface area contributed by atoms with Gasteiger partial charge in [0.05, 0.1) is 0 Å². The van der Waals surface area contributed by atoms with E-state index in [-0.39, 0.29) is 0 Å². The average Bonchev–Trinajstić information content (AvgIpc) is 3.04. The smallest absolute Gasteiger partial charge is 0.160 e. The standard InChI is InChI=1S/C23H32ClN5/c1-7-16-12-19(28(10-4)11-5)25-13-18(16)21-22(24)27-23-20(26-21)15(6)14-29(23)17(8-2)9-3/h12-14,17H,7-11H2,1-6H3. The lowest BCUT2D eigenvalue weighted by molar-refractivity contribution is 0.482. The number of aryl methyl sites for hydroxylation is 2. The van der Waals surface area contributed by atoms with E-state index >= 15 is 0 Å². The number of anilines is 1. The van der Waals surface area contributed by atoms with E-state index in [1.54, 1.807) is 0 Å². The number of hydrogen-bond donors (Lipinski definition) is 0. The van der Waals surface area contributed by atoms with Gasteiger partial charge in [0.1, 0.15) is 17.0 Å². The molecule has 0 N–H and O–H groups in total. The molecule has 0 aliphatic carbocycles. The fourth-order valence-corrected chi connectivity index (χ4v) is 4.25. The van der Waals surface area contributed by atoms with Gasteiger partial charge in [-0.15, -0.1) is 0 Å². The van der Waals surface area contributed by atoms with Gasteiger partial charge in [0, 0.05) is 37.1 Å². The summed E-state index contributed by atoms with van der Waals surface area (Å²) < 4.78 is 2.23. The molecule has 0 bridgehead atoms. The third kappa shape index (κ3) is 3.97. The summed E-state index contributed by atoms with van der Waals surface area (Å²) in [6, 6.07) is 2.57. The van der Waals surface area contributed by atoms with Crippen molar-refractivity contribution in [1.82, 2.24) is 19.5 Å². The Morgan fingerprint density at radius 1 is 1.07 bits per heavy atom. The van der Waals surface area contributed by atoms with Crippen LogP contribution in [0.25, 0.3) is 22.4 Å². The van der Waals surface area contributed by atoms with E-state index in [1.807, 2.05) is 6.20 Å². The predicted molar refractivity (Wildman–Crippen MR) is 123 cm³/mol.